The second kappa shape index (κ2) is 3.87. The zero-order chi connectivity index (χ0) is 10.8. The van der Waals surface area contributed by atoms with Crippen molar-refractivity contribution in [1.82, 2.24) is 4.98 Å². The Bertz CT molecular complexity index is 480. The number of benzene rings is 1. The minimum atomic E-state index is -0.0722. The Morgan fingerprint density at radius 1 is 1.33 bits per heavy atom. The molecule has 0 saturated heterocycles. The van der Waals surface area contributed by atoms with Crippen LogP contribution < -0.4 is 10.5 Å². The molecule has 15 heavy (non-hydrogen) atoms. The molecule has 0 fully saturated rings. The van der Waals surface area contributed by atoms with E-state index in [0.717, 1.165) is 16.5 Å². The van der Waals surface area contributed by atoms with Gasteiger partial charge in [0.1, 0.15) is 0 Å². The summed E-state index contributed by atoms with van der Waals surface area (Å²) >= 11 is 0. The van der Waals surface area contributed by atoms with Crippen molar-refractivity contribution in [2.75, 3.05) is 7.11 Å². The SMILES string of the molecule is COc1nc2ccccc2cc1[C@@H](C)N. The average Bonchev–Trinajstić information content (AvgIpc) is 2.27. The van der Waals surface area contributed by atoms with Crippen molar-refractivity contribution in [2.24, 2.45) is 5.73 Å². The lowest BCUT2D eigenvalue weighted by molar-refractivity contribution is 0.391. The van der Waals surface area contributed by atoms with Gasteiger partial charge in [0, 0.05) is 17.0 Å². The topological polar surface area (TPSA) is 48.1 Å². The summed E-state index contributed by atoms with van der Waals surface area (Å²) in [5.41, 5.74) is 7.73. The maximum atomic E-state index is 5.86. The van der Waals surface area contributed by atoms with Crippen molar-refractivity contribution < 1.29 is 4.74 Å². The molecule has 0 amide bonds. The van der Waals surface area contributed by atoms with E-state index in [1.807, 2.05) is 37.3 Å². The lowest BCUT2D eigenvalue weighted by Crippen LogP contribution is -2.08. The fourth-order valence-electron chi connectivity index (χ4n) is 1.60. The predicted molar refractivity (Wildman–Crippen MR) is 60.9 cm³/mol. The Kier molecular flexibility index (Phi) is 2.56. The van der Waals surface area contributed by atoms with Gasteiger partial charge in [-0.1, -0.05) is 18.2 Å². The third-order valence-electron chi connectivity index (χ3n) is 2.40. The van der Waals surface area contributed by atoms with E-state index in [1.54, 1.807) is 7.11 Å². The Labute approximate surface area is 88.9 Å². The van der Waals surface area contributed by atoms with E-state index in [9.17, 15) is 0 Å². The summed E-state index contributed by atoms with van der Waals surface area (Å²) < 4.78 is 5.22. The molecule has 3 nitrogen and oxygen atoms in total. The highest BCUT2D eigenvalue weighted by atomic mass is 16.5. The number of aromatic nitrogens is 1. The van der Waals surface area contributed by atoms with Crippen LogP contribution in [0.25, 0.3) is 10.9 Å². The Balaban J connectivity index is 2.69. The van der Waals surface area contributed by atoms with Gasteiger partial charge in [0.05, 0.1) is 12.6 Å². The summed E-state index contributed by atoms with van der Waals surface area (Å²) in [7, 11) is 1.61. The number of fused-ring (bicyclic) bond motifs is 1. The van der Waals surface area contributed by atoms with Crippen LogP contribution in [0.5, 0.6) is 5.88 Å². The largest absolute Gasteiger partial charge is 0.481 e. The van der Waals surface area contributed by atoms with E-state index in [-0.39, 0.29) is 6.04 Å². The lowest BCUT2D eigenvalue weighted by atomic mass is 10.1. The van der Waals surface area contributed by atoms with E-state index in [0.29, 0.717) is 5.88 Å². The number of hydrogen-bond donors (Lipinski definition) is 1. The highest BCUT2D eigenvalue weighted by molar-refractivity contribution is 5.80. The zero-order valence-corrected chi connectivity index (χ0v) is 8.90. The number of pyridine rings is 1. The lowest BCUT2D eigenvalue weighted by Gasteiger charge is -2.11. The number of methoxy groups -OCH3 is 1. The molecular weight excluding hydrogens is 188 g/mol. The van der Waals surface area contributed by atoms with Gasteiger partial charge in [-0.15, -0.1) is 0 Å². The maximum absolute atomic E-state index is 5.86. The molecule has 0 unspecified atom stereocenters. The number of para-hydroxylation sites is 1. The van der Waals surface area contributed by atoms with Gasteiger partial charge in [-0.25, -0.2) is 4.98 Å². The monoisotopic (exact) mass is 202 g/mol. The highest BCUT2D eigenvalue weighted by Crippen LogP contribution is 2.25. The summed E-state index contributed by atoms with van der Waals surface area (Å²) in [6, 6.07) is 9.89. The van der Waals surface area contributed by atoms with Gasteiger partial charge in [0.25, 0.3) is 0 Å². The number of rotatable bonds is 2. The van der Waals surface area contributed by atoms with E-state index in [2.05, 4.69) is 4.98 Å². The van der Waals surface area contributed by atoms with Crippen LogP contribution in [0.1, 0.15) is 18.5 Å². The fraction of sp³-hybridized carbons (Fsp3) is 0.250. The molecule has 0 spiro atoms. The molecule has 0 saturated carbocycles. The van der Waals surface area contributed by atoms with Crippen LogP contribution in [-0.2, 0) is 0 Å². The predicted octanol–water partition coefficient (Wildman–Crippen LogP) is 2.26. The molecule has 2 aromatic rings. The smallest absolute Gasteiger partial charge is 0.218 e. The summed E-state index contributed by atoms with van der Waals surface area (Å²) in [6.07, 6.45) is 0. The molecular formula is C12H14N2O. The van der Waals surface area contributed by atoms with Crippen LogP contribution in [-0.4, -0.2) is 12.1 Å². The third-order valence-corrected chi connectivity index (χ3v) is 2.40. The van der Waals surface area contributed by atoms with Crippen molar-refractivity contribution in [3.05, 3.63) is 35.9 Å². The molecule has 78 valence electrons. The molecule has 0 aliphatic heterocycles. The van der Waals surface area contributed by atoms with E-state index in [4.69, 9.17) is 10.5 Å². The van der Waals surface area contributed by atoms with Crippen LogP contribution in [0.15, 0.2) is 30.3 Å². The molecule has 0 aliphatic rings. The maximum Gasteiger partial charge on any atom is 0.218 e. The van der Waals surface area contributed by atoms with Crippen LogP contribution in [0, 0.1) is 0 Å². The first-order chi connectivity index (χ1) is 7.22. The van der Waals surface area contributed by atoms with Crippen molar-refractivity contribution in [3.63, 3.8) is 0 Å². The van der Waals surface area contributed by atoms with Gasteiger partial charge in [0.15, 0.2) is 0 Å². The van der Waals surface area contributed by atoms with E-state index >= 15 is 0 Å². The molecule has 1 heterocycles. The number of nitrogens with zero attached hydrogens (tertiary/aromatic N) is 1. The molecule has 0 aliphatic carbocycles. The quantitative estimate of drug-likeness (QED) is 0.812. The molecule has 2 N–H and O–H groups in total. The summed E-state index contributed by atoms with van der Waals surface area (Å²) in [4.78, 5) is 4.41. The number of nitrogens with two attached hydrogens (primary N) is 1. The minimum Gasteiger partial charge on any atom is -0.481 e. The first-order valence-corrected chi connectivity index (χ1v) is 4.91. The van der Waals surface area contributed by atoms with E-state index < -0.39 is 0 Å². The fourth-order valence-corrected chi connectivity index (χ4v) is 1.60. The Hall–Kier alpha value is -1.61. The molecule has 0 radical (unpaired) electrons. The van der Waals surface area contributed by atoms with Crippen LogP contribution in [0.3, 0.4) is 0 Å². The second-order valence-corrected chi connectivity index (χ2v) is 3.57. The van der Waals surface area contributed by atoms with Gasteiger partial charge in [-0.3, -0.25) is 0 Å². The summed E-state index contributed by atoms with van der Waals surface area (Å²) in [5.74, 6) is 0.615. The molecule has 1 aromatic carbocycles. The molecule has 0 bridgehead atoms. The third kappa shape index (κ3) is 1.78. The van der Waals surface area contributed by atoms with Crippen LogP contribution in [0.2, 0.25) is 0 Å². The first-order valence-electron chi connectivity index (χ1n) is 4.91. The number of hydrogen-bond acceptors (Lipinski definition) is 3. The minimum absolute atomic E-state index is 0.0722. The first kappa shape index (κ1) is 9.93. The van der Waals surface area contributed by atoms with Gasteiger partial charge in [-0.05, 0) is 19.1 Å². The summed E-state index contributed by atoms with van der Waals surface area (Å²) in [5, 5.41) is 1.09. The van der Waals surface area contributed by atoms with Gasteiger partial charge in [0.2, 0.25) is 5.88 Å². The number of ether oxygens (including phenoxy) is 1. The molecule has 3 heteroatoms. The zero-order valence-electron chi connectivity index (χ0n) is 8.90. The Morgan fingerprint density at radius 2 is 2.07 bits per heavy atom. The van der Waals surface area contributed by atoms with Crippen molar-refractivity contribution >= 4 is 10.9 Å². The summed E-state index contributed by atoms with van der Waals surface area (Å²) in [6.45, 7) is 1.92. The van der Waals surface area contributed by atoms with Crippen LogP contribution >= 0.6 is 0 Å². The normalized spacial score (nSPS) is 12.7. The highest BCUT2D eigenvalue weighted by Gasteiger charge is 2.10. The van der Waals surface area contributed by atoms with Crippen molar-refractivity contribution in [1.29, 1.82) is 0 Å². The molecule has 2 rings (SSSR count). The van der Waals surface area contributed by atoms with Gasteiger partial charge >= 0.3 is 0 Å². The van der Waals surface area contributed by atoms with E-state index in [1.165, 1.54) is 0 Å². The molecule has 1 aromatic heterocycles. The molecule has 1 atom stereocenters. The van der Waals surface area contributed by atoms with Crippen molar-refractivity contribution in [3.8, 4) is 5.88 Å². The van der Waals surface area contributed by atoms with Crippen LogP contribution in [0.4, 0.5) is 0 Å². The van der Waals surface area contributed by atoms with Gasteiger partial charge < -0.3 is 10.5 Å². The standard InChI is InChI=1S/C12H14N2O/c1-8(13)10-7-9-5-3-4-6-11(9)14-12(10)15-2/h3-8H,13H2,1-2H3/t8-/m1/s1. The van der Waals surface area contributed by atoms with Crippen molar-refractivity contribution in [2.45, 2.75) is 13.0 Å². The second-order valence-electron chi connectivity index (χ2n) is 3.57. The van der Waals surface area contributed by atoms with Gasteiger partial charge in [-0.2, -0.15) is 0 Å². The Morgan fingerprint density at radius 3 is 2.73 bits per heavy atom. The average molecular weight is 202 g/mol.